The fourth-order valence-corrected chi connectivity index (χ4v) is 4.72. The van der Waals surface area contributed by atoms with Crippen molar-refractivity contribution in [3.8, 4) is 0 Å². The summed E-state index contributed by atoms with van der Waals surface area (Å²) in [5, 5.41) is 5.45. The summed E-state index contributed by atoms with van der Waals surface area (Å²) in [6, 6.07) is 6.05. The van der Waals surface area contributed by atoms with Crippen molar-refractivity contribution in [2.24, 2.45) is 11.7 Å². The molecule has 0 bridgehead atoms. The zero-order valence-electron chi connectivity index (χ0n) is 14.0. The molecule has 5 nitrogen and oxygen atoms in total. The second kappa shape index (κ2) is 8.19. The molecule has 3 rings (SSSR count). The van der Waals surface area contributed by atoms with E-state index in [-0.39, 0.29) is 28.9 Å². The molecule has 0 aromatic heterocycles. The maximum atomic E-state index is 13.8. The Morgan fingerprint density at radius 1 is 1.36 bits per heavy atom. The number of benzene rings is 1. The first-order chi connectivity index (χ1) is 12.1. The van der Waals surface area contributed by atoms with Crippen LogP contribution in [0, 0.1) is 11.7 Å². The molecule has 2 amide bonds. The van der Waals surface area contributed by atoms with Gasteiger partial charge >= 0.3 is 0 Å². The Bertz CT molecular complexity index is 643. The summed E-state index contributed by atoms with van der Waals surface area (Å²) in [6.45, 7) is 0.571. The molecular formula is C18H24FN3O2S. The number of carbonyl (C=O) groups is 2. The summed E-state index contributed by atoms with van der Waals surface area (Å²) in [6.07, 6.45) is 3.38. The molecule has 1 saturated heterocycles. The highest BCUT2D eigenvalue weighted by Crippen LogP contribution is 2.26. The normalized spacial score (nSPS) is 29.3. The van der Waals surface area contributed by atoms with Gasteiger partial charge in [-0.1, -0.05) is 24.6 Å². The zero-order chi connectivity index (χ0) is 17.8. The number of carbonyl (C=O) groups excluding carboxylic acids is 2. The van der Waals surface area contributed by atoms with Crippen LogP contribution in [0.4, 0.5) is 4.39 Å². The molecule has 4 unspecified atom stereocenters. The van der Waals surface area contributed by atoms with E-state index < -0.39 is 6.04 Å². The van der Waals surface area contributed by atoms with Gasteiger partial charge in [0.25, 0.3) is 0 Å². The van der Waals surface area contributed by atoms with Gasteiger partial charge in [-0.25, -0.2) is 4.39 Å². The standard InChI is InChI=1S/C18H24FN3O2S/c19-13-6-2-1-4-11(13)8-16-18(24)22-15(10-25-16)17(23)21-14-7-3-5-12(14)9-20/h1-2,4,6,12,14-16H,3,5,7-10,20H2,(H,21,23)(H,22,24). The van der Waals surface area contributed by atoms with Crippen LogP contribution >= 0.6 is 11.8 Å². The summed E-state index contributed by atoms with van der Waals surface area (Å²) >= 11 is 1.41. The Labute approximate surface area is 151 Å². The van der Waals surface area contributed by atoms with Gasteiger partial charge in [0.1, 0.15) is 11.9 Å². The number of thioether (sulfide) groups is 1. The van der Waals surface area contributed by atoms with Crippen molar-refractivity contribution < 1.29 is 14.0 Å². The average Bonchev–Trinajstić information content (AvgIpc) is 3.05. The summed E-state index contributed by atoms with van der Waals surface area (Å²) in [5.41, 5.74) is 6.27. The van der Waals surface area contributed by atoms with Crippen LogP contribution in [0.1, 0.15) is 24.8 Å². The van der Waals surface area contributed by atoms with Crippen molar-refractivity contribution >= 4 is 23.6 Å². The van der Waals surface area contributed by atoms with Crippen LogP contribution < -0.4 is 16.4 Å². The predicted octanol–water partition coefficient (Wildman–Crippen LogP) is 1.21. The summed E-state index contributed by atoms with van der Waals surface area (Å²) < 4.78 is 13.8. The van der Waals surface area contributed by atoms with Crippen molar-refractivity contribution in [2.75, 3.05) is 12.3 Å². The molecule has 4 N–H and O–H groups in total. The van der Waals surface area contributed by atoms with Crippen molar-refractivity contribution in [2.45, 2.75) is 43.0 Å². The van der Waals surface area contributed by atoms with E-state index in [1.165, 1.54) is 17.8 Å². The minimum atomic E-state index is -0.534. The van der Waals surface area contributed by atoms with Gasteiger partial charge in [0.05, 0.1) is 5.25 Å². The number of amides is 2. The van der Waals surface area contributed by atoms with E-state index in [0.717, 1.165) is 19.3 Å². The third-order valence-electron chi connectivity index (χ3n) is 5.04. The van der Waals surface area contributed by atoms with Crippen LogP contribution in [-0.4, -0.2) is 41.4 Å². The van der Waals surface area contributed by atoms with Crippen molar-refractivity contribution in [1.29, 1.82) is 0 Å². The summed E-state index contributed by atoms with van der Waals surface area (Å²) in [5.74, 6) is 0.169. The van der Waals surface area contributed by atoms with Crippen LogP contribution in [-0.2, 0) is 16.0 Å². The SMILES string of the molecule is NCC1CCCC1NC(=O)C1CSC(Cc2ccccc2F)C(=O)N1. The van der Waals surface area contributed by atoms with E-state index in [1.54, 1.807) is 18.2 Å². The Morgan fingerprint density at radius 3 is 2.88 bits per heavy atom. The Morgan fingerprint density at radius 2 is 2.16 bits per heavy atom. The molecule has 2 fully saturated rings. The van der Waals surface area contributed by atoms with Crippen LogP contribution in [0.15, 0.2) is 24.3 Å². The van der Waals surface area contributed by atoms with Gasteiger partial charge in [-0.3, -0.25) is 9.59 Å². The minimum absolute atomic E-state index is 0.107. The highest BCUT2D eigenvalue weighted by molar-refractivity contribution is 8.00. The number of nitrogens with two attached hydrogens (primary N) is 1. The van der Waals surface area contributed by atoms with Gasteiger partial charge in [0.2, 0.25) is 11.8 Å². The van der Waals surface area contributed by atoms with E-state index in [2.05, 4.69) is 10.6 Å². The molecular weight excluding hydrogens is 341 g/mol. The first-order valence-electron chi connectivity index (χ1n) is 8.74. The molecule has 25 heavy (non-hydrogen) atoms. The second-order valence-corrected chi connectivity index (χ2v) is 7.96. The van der Waals surface area contributed by atoms with Gasteiger partial charge < -0.3 is 16.4 Å². The number of nitrogens with one attached hydrogen (secondary N) is 2. The first kappa shape index (κ1) is 18.2. The van der Waals surface area contributed by atoms with Crippen molar-refractivity contribution in [3.63, 3.8) is 0 Å². The van der Waals surface area contributed by atoms with Gasteiger partial charge in [-0.2, -0.15) is 0 Å². The largest absolute Gasteiger partial charge is 0.351 e. The quantitative estimate of drug-likeness (QED) is 0.732. The van der Waals surface area contributed by atoms with Crippen LogP contribution in [0.5, 0.6) is 0 Å². The van der Waals surface area contributed by atoms with Gasteiger partial charge in [0.15, 0.2) is 0 Å². The van der Waals surface area contributed by atoms with Crippen molar-refractivity contribution in [3.05, 3.63) is 35.6 Å². The minimum Gasteiger partial charge on any atom is -0.351 e. The smallest absolute Gasteiger partial charge is 0.243 e. The molecule has 136 valence electrons. The number of halogens is 1. The summed E-state index contributed by atoms with van der Waals surface area (Å²) in [7, 11) is 0. The molecule has 1 aromatic carbocycles. The van der Waals surface area contributed by atoms with E-state index in [1.807, 2.05) is 0 Å². The van der Waals surface area contributed by atoms with Crippen LogP contribution in [0.3, 0.4) is 0 Å². The maximum Gasteiger partial charge on any atom is 0.243 e. The molecule has 2 aliphatic rings. The lowest BCUT2D eigenvalue weighted by Crippen LogP contribution is -2.56. The number of hydrogen-bond acceptors (Lipinski definition) is 4. The summed E-state index contributed by atoms with van der Waals surface area (Å²) in [4.78, 5) is 24.8. The number of hydrogen-bond donors (Lipinski definition) is 3. The fourth-order valence-electron chi connectivity index (χ4n) is 3.54. The molecule has 1 saturated carbocycles. The van der Waals surface area contributed by atoms with E-state index in [0.29, 0.717) is 30.2 Å². The molecule has 1 heterocycles. The Kier molecular flexibility index (Phi) is 5.96. The highest BCUT2D eigenvalue weighted by Gasteiger charge is 2.35. The monoisotopic (exact) mass is 365 g/mol. The van der Waals surface area contributed by atoms with Gasteiger partial charge in [-0.05, 0) is 43.4 Å². The third-order valence-corrected chi connectivity index (χ3v) is 6.35. The molecule has 7 heteroatoms. The molecule has 1 aliphatic carbocycles. The second-order valence-electron chi connectivity index (χ2n) is 6.72. The average molecular weight is 365 g/mol. The molecule has 1 aromatic rings. The van der Waals surface area contributed by atoms with Crippen LogP contribution in [0.2, 0.25) is 0 Å². The molecule has 0 spiro atoms. The maximum absolute atomic E-state index is 13.8. The van der Waals surface area contributed by atoms with Crippen LogP contribution in [0.25, 0.3) is 0 Å². The topological polar surface area (TPSA) is 84.2 Å². The third kappa shape index (κ3) is 4.33. The first-order valence-corrected chi connectivity index (χ1v) is 9.79. The number of rotatable bonds is 5. The molecule has 0 radical (unpaired) electrons. The Hall–Kier alpha value is -1.60. The van der Waals surface area contributed by atoms with E-state index in [9.17, 15) is 14.0 Å². The molecule has 1 aliphatic heterocycles. The lowest BCUT2D eigenvalue weighted by Gasteiger charge is -2.30. The van der Waals surface area contributed by atoms with E-state index in [4.69, 9.17) is 5.73 Å². The Balaban J connectivity index is 1.53. The fraction of sp³-hybridized carbons (Fsp3) is 0.556. The predicted molar refractivity (Wildman–Crippen MR) is 96.6 cm³/mol. The van der Waals surface area contributed by atoms with E-state index >= 15 is 0 Å². The highest BCUT2D eigenvalue weighted by atomic mass is 32.2. The molecule has 4 atom stereocenters. The van der Waals surface area contributed by atoms with Gasteiger partial charge in [0, 0.05) is 11.8 Å². The lowest BCUT2D eigenvalue weighted by atomic mass is 10.0. The van der Waals surface area contributed by atoms with Gasteiger partial charge in [-0.15, -0.1) is 11.8 Å². The van der Waals surface area contributed by atoms with Crippen molar-refractivity contribution in [1.82, 2.24) is 10.6 Å². The lowest BCUT2D eigenvalue weighted by molar-refractivity contribution is -0.129. The zero-order valence-corrected chi connectivity index (χ0v) is 14.9.